The number of nitrogens with one attached hydrogen (secondary N) is 1. The van der Waals surface area contributed by atoms with Crippen LogP contribution in [0.2, 0.25) is 0 Å². The van der Waals surface area contributed by atoms with Crippen molar-refractivity contribution in [2.75, 3.05) is 19.6 Å². The molecule has 4 heterocycles. The summed E-state index contributed by atoms with van der Waals surface area (Å²) in [6.07, 6.45) is 27.0. The molecule has 5 heteroatoms. The fourth-order valence-electron chi connectivity index (χ4n) is 6.94. The Hall–Kier alpha value is -1.95. The molecule has 6 unspecified atom stereocenters. The minimum absolute atomic E-state index is 0.0835. The Morgan fingerprint density at radius 2 is 2.00 bits per heavy atom. The van der Waals surface area contributed by atoms with Crippen LogP contribution in [0.3, 0.4) is 0 Å². The smallest absolute Gasteiger partial charge is 0.0915 e. The molecule has 0 aromatic heterocycles. The lowest BCUT2D eigenvalue weighted by Crippen LogP contribution is -2.60. The van der Waals surface area contributed by atoms with E-state index in [0.29, 0.717) is 6.10 Å². The van der Waals surface area contributed by atoms with Crippen molar-refractivity contribution in [2.24, 2.45) is 22.6 Å². The normalized spacial score (nSPS) is 40.5. The predicted molar refractivity (Wildman–Crippen MR) is 134 cm³/mol. The van der Waals surface area contributed by atoms with Gasteiger partial charge in [-0.15, -0.1) is 0 Å². The zero-order chi connectivity index (χ0) is 22.3. The lowest BCUT2D eigenvalue weighted by atomic mass is 9.67. The molecule has 0 radical (unpaired) electrons. The molecule has 6 atom stereocenters. The SMILES string of the molecule is NC1CC=CC=CC=CC2=CC2=NC=C2CC3(CCC4C(CNC5CCCCC54)O3)CN2C1. The summed E-state index contributed by atoms with van der Waals surface area (Å²) in [5, 5.41) is 3.85. The maximum atomic E-state index is 7.02. The molecular weight excluding hydrogens is 408 g/mol. The van der Waals surface area contributed by atoms with Gasteiger partial charge in [0.15, 0.2) is 0 Å². The van der Waals surface area contributed by atoms with Crippen molar-refractivity contribution in [3.05, 3.63) is 60.0 Å². The number of hydrogen-bond acceptors (Lipinski definition) is 5. The van der Waals surface area contributed by atoms with E-state index in [9.17, 15) is 0 Å². The number of nitrogens with zero attached hydrogens (tertiary/aromatic N) is 2. The second kappa shape index (κ2) is 9.01. The number of ether oxygens (including phenoxy) is 1. The quantitative estimate of drug-likeness (QED) is 0.590. The first-order valence-electron chi connectivity index (χ1n) is 13.1. The minimum atomic E-state index is -0.0835. The fraction of sp³-hybridized carbons (Fsp3) is 0.607. The van der Waals surface area contributed by atoms with Gasteiger partial charge in [0.1, 0.15) is 0 Å². The van der Waals surface area contributed by atoms with Crippen LogP contribution in [0.4, 0.5) is 0 Å². The first-order chi connectivity index (χ1) is 16.2. The number of hydrogen-bond donors (Lipinski definition) is 2. The molecule has 3 saturated heterocycles. The molecule has 6 aliphatic rings. The Morgan fingerprint density at radius 1 is 1.09 bits per heavy atom. The largest absolute Gasteiger partial charge is 0.369 e. The molecule has 176 valence electrons. The van der Waals surface area contributed by atoms with E-state index >= 15 is 0 Å². The van der Waals surface area contributed by atoms with Crippen LogP contribution in [0.15, 0.2) is 65.0 Å². The molecular formula is C28H38N4O. The number of nitrogens with two attached hydrogens (primary N) is 1. The zero-order valence-electron chi connectivity index (χ0n) is 19.7. The number of fused-ring (bicyclic) bond motifs is 5. The van der Waals surface area contributed by atoms with Crippen LogP contribution in [0.1, 0.15) is 51.4 Å². The Bertz CT molecular complexity index is 944. The van der Waals surface area contributed by atoms with Crippen molar-refractivity contribution in [2.45, 2.75) is 75.2 Å². The van der Waals surface area contributed by atoms with E-state index in [-0.39, 0.29) is 11.6 Å². The van der Waals surface area contributed by atoms with Crippen LogP contribution in [0.5, 0.6) is 0 Å². The standard InChI is InChI=1S/C28H38N4O/c29-21-9-5-3-1-2-4-8-20-14-26(20)30-16-22-15-28(19-32(22)18-21)13-12-24-23-10-6-7-11-25(23)31-17-27(24)33-28/h1-5,8,14,16,21,23-25,27,31H,6-7,9-13,15,17-19,29H2. The third-order valence-electron chi connectivity index (χ3n) is 8.65. The molecule has 0 aromatic carbocycles. The molecule has 4 aliphatic heterocycles. The molecule has 5 nitrogen and oxygen atoms in total. The number of allylic oxidation sites excluding steroid dienone is 7. The van der Waals surface area contributed by atoms with Crippen molar-refractivity contribution >= 4 is 5.71 Å². The van der Waals surface area contributed by atoms with Crippen LogP contribution < -0.4 is 11.1 Å². The molecule has 0 aromatic rings. The average molecular weight is 447 g/mol. The maximum absolute atomic E-state index is 7.02. The Kier molecular flexibility index (Phi) is 5.89. The highest BCUT2D eigenvalue weighted by Gasteiger charge is 2.51. The van der Waals surface area contributed by atoms with Crippen LogP contribution in [0.25, 0.3) is 0 Å². The van der Waals surface area contributed by atoms with E-state index in [0.717, 1.165) is 62.5 Å². The second-order valence-electron chi connectivity index (χ2n) is 11.0. The molecule has 3 N–H and O–H groups in total. The van der Waals surface area contributed by atoms with Gasteiger partial charge in [-0.05, 0) is 50.0 Å². The number of aliphatic imine (C=N–C) groups is 1. The topological polar surface area (TPSA) is 62.9 Å². The van der Waals surface area contributed by atoms with Crippen molar-refractivity contribution in [1.82, 2.24) is 10.2 Å². The molecule has 4 fully saturated rings. The predicted octanol–water partition coefficient (Wildman–Crippen LogP) is 4.01. The van der Waals surface area contributed by atoms with Crippen LogP contribution in [-0.2, 0) is 4.74 Å². The Balaban J connectivity index is 1.20. The first-order valence-corrected chi connectivity index (χ1v) is 13.1. The summed E-state index contributed by atoms with van der Waals surface area (Å²) in [6, 6.07) is 0.831. The van der Waals surface area contributed by atoms with Crippen molar-refractivity contribution in [3.8, 4) is 0 Å². The third-order valence-corrected chi connectivity index (χ3v) is 8.65. The summed E-state index contributed by atoms with van der Waals surface area (Å²) in [5.41, 5.74) is 10.1. The van der Waals surface area contributed by atoms with Gasteiger partial charge in [-0.25, -0.2) is 0 Å². The fourth-order valence-corrected chi connectivity index (χ4v) is 6.94. The average Bonchev–Trinajstić information content (AvgIpc) is 3.50. The lowest BCUT2D eigenvalue weighted by molar-refractivity contribution is -0.171. The van der Waals surface area contributed by atoms with Gasteiger partial charge in [0, 0.05) is 55.6 Å². The van der Waals surface area contributed by atoms with Gasteiger partial charge in [0.05, 0.1) is 17.4 Å². The molecule has 33 heavy (non-hydrogen) atoms. The maximum Gasteiger partial charge on any atom is 0.0915 e. The van der Waals surface area contributed by atoms with Gasteiger partial charge in [-0.2, -0.15) is 0 Å². The minimum Gasteiger partial charge on any atom is -0.369 e. The molecule has 2 aliphatic carbocycles. The molecule has 1 saturated carbocycles. The van der Waals surface area contributed by atoms with Crippen LogP contribution in [0, 0.1) is 11.8 Å². The van der Waals surface area contributed by atoms with E-state index in [4.69, 9.17) is 15.5 Å². The number of piperidine rings is 1. The van der Waals surface area contributed by atoms with E-state index in [2.05, 4.69) is 58.9 Å². The monoisotopic (exact) mass is 446 g/mol. The first kappa shape index (κ1) is 21.6. The van der Waals surface area contributed by atoms with Crippen LogP contribution >= 0.6 is 0 Å². The highest BCUT2D eigenvalue weighted by molar-refractivity contribution is 6.25. The van der Waals surface area contributed by atoms with E-state index in [1.165, 1.54) is 43.4 Å². The van der Waals surface area contributed by atoms with E-state index in [1.54, 1.807) is 0 Å². The summed E-state index contributed by atoms with van der Waals surface area (Å²) in [5.74, 6) is 1.55. The number of rotatable bonds is 0. The van der Waals surface area contributed by atoms with E-state index < -0.39 is 0 Å². The third kappa shape index (κ3) is 4.55. The van der Waals surface area contributed by atoms with Gasteiger partial charge in [0.25, 0.3) is 0 Å². The Labute approximate surface area is 198 Å². The summed E-state index contributed by atoms with van der Waals surface area (Å²) in [4.78, 5) is 7.28. The summed E-state index contributed by atoms with van der Waals surface area (Å²) >= 11 is 0. The Morgan fingerprint density at radius 3 is 2.97 bits per heavy atom. The van der Waals surface area contributed by atoms with Gasteiger partial charge >= 0.3 is 0 Å². The van der Waals surface area contributed by atoms with Gasteiger partial charge in [-0.3, -0.25) is 4.99 Å². The molecule has 0 bridgehead atoms. The summed E-state index contributed by atoms with van der Waals surface area (Å²) in [7, 11) is 0. The highest BCUT2D eigenvalue weighted by atomic mass is 16.5. The van der Waals surface area contributed by atoms with Gasteiger partial charge in [-0.1, -0.05) is 49.3 Å². The molecule has 6 rings (SSSR count). The van der Waals surface area contributed by atoms with Crippen LogP contribution in [-0.4, -0.2) is 54.0 Å². The van der Waals surface area contributed by atoms with E-state index in [1.807, 2.05) is 0 Å². The highest BCUT2D eigenvalue weighted by Crippen LogP contribution is 2.48. The summed E-state index contributed by atoms with van der Waals surface area (Å²) in [6.45, 7) is 2.82. The zero-order valence-corrected chi connectivity index (χ0v) is 19.7. The van der Waals surface area contributed by atoms with Crippen molar-refractivity contribution < 1.29 is 4.74 Å². The lowest BCUT2D eigenvalue weighted by Gasteiger charge is -2.52. The summed E-state index contributed by atoms with van der Waals surface area (Å²) < 4.78 is 7.02. The van der Waals surface area contributed by atoms with Gasteiger partial charge in [0.2, 0.25) is 0 Å². The molecule has 1 spiro atoms. The molecule has 0 amide bonds. The van der Waals surface area contributed by atoms with Crippen molar-refractivity contribution in [1.29, 1.82) is 0 Å². The van der Waals surface area contributed by atoms with Gasteiger partial charge < -0.3 is 20.7 Å². The second-order valence-corrected chi connectivity index (χ2v) is 11.0. The van der Waals surface area contributed by atoms with Crippen molar-refractivity contribution in [3.63, 3.8) is 0 Å².